The van der Waals surface area contributed by atoms with Gasteiger partial charge >= 0.3 is 0 Å². The van der Waals surface area contributed by atoms with Gasteiger partial charge in [-0.3, -0.25) is 0 Å². The molecule has 0 aliphatic heterocycles. The molecule has 3 nitrogen and oxygen atoms in total. The van der Waals surface area contributed by atoms with E-state index in [9.17, 15) is 0 Å². The van der Waals surface area contributed by atoms with Gasteiger partial charge in [-0.2, -0.15) is 0 Å². The van der Waals surface area contributed by atoms with E-state index in [2.05, 4.69) is 33.9 Å². The van der Waals surface area contributed by atoms with E-state index in [1.165, 1.54) is 9.75 Å². The average molecular weight is 235 g/mol. The highest BCUT2D eigenvalue weighted by Gasteiger charge is 2.04. The number of aromatic nitrogens is 2. The summed E-state index contributed by atoms with van der Waals surface area (Å²) in [4.78, 5) is 7.18. The minimum atomic E-state index is 0.818. The Morgan fingerprint density at radius 2 is 2.19 bits per heavy atom. The molecule has 4 heteroatoms. The van der Waals surface area contributed by atoms with Crippen LogP contribution < -0.4 is 5.32 Å². The Labute approximate surface area is 100 Å². The van der Waals surface area contributed by atoms with Gasteiger partial charge < -0.3 is 9.88 Å². The highest BCUT2D eigenvalue weighted by atomic mass is 32.1. The highest BCUT2D eigenvalue weighted by Crippen LogP contribution is 2.18. The molecule has 2 heterocycles. The van der Waals surface area contributed by atoms with Gasteiger partial charge in [0.1, 0.15) is 5.82 Å². The number of hydrogen-bond donors (Lipinski definition) is 1. The molecule has 0 radical (unpaired) electrons. The first-order chi connectivity index (χ1) is 7.83. The Morgan fingerprint density at radius 3 is 2.88 bits per heavy atom. The van der Waals surface area contributed by atoms with E-state index in [1.54, 1.807) is 0 Å². The molecule has 0 saturated heterocycles. The lowest BCUT2D eigenvalue weighted by Gasteiger charge is -2.05. The number of rotatable bonds is 5. The molecule has 0 aliphatic carbocycles. The maximum atomic E-state index is 4.33. The fraction of sp³-hybridized carbons (Fsp3) is 0.417. The van der Waals surface area contributed by atoms with Crippen LogP contribution in [0, 0.1) is 0 Å². The van der Waals surface area contributed by atoms with Crippen LogP contribution in [0.2, 0.25) is 0 Å². The third-order valence-electron chi connectivity index (χ3n) is 2.53. The molecule has 86 valence electrons. The lowest BCUT2D eigenvalue weighted by atomic mass is 10.3. The fourth-order valence-corrected chi connectivity index (χ4v) is 2.63. The van der Waals surface area contributed by atoms with E-state index >= 15 is 0 Å². The van der Waals surface area contributed by atoms with Crippen LogP contribution >= 0.6 is 11.3 Å². The van der Waals surface area contributed by atoms with Crippen LogP contribution in [0.15, 0.2) is 24.5 Å². The molecule has 1 N–H and O–H groups in total. The van der Waals surface area contributed by atoms with Gasteiger partial charge in [0.25, 0.3) is 0 Å². The summed E-state index contributed by atoms with van der Waals surface area (Å²) in [6, 6.07) is 4.43. The molecule has 0 saturated carbocycles. The van der Waals surface area contributed by atoms with E-state index in [4.69, 9.17) is 0 Å². The number of imidazole rings is 1. The molecule has 0 atom stereocenters. The topological polar surface area (TPSA) is 29.9 Å². The SMILES string of the molecule is CCc1ccc(Cn2ccnc2CNC)s1. The second-order valence-electron chi connectivity index (χ2n) is 3.72. The summed E-state index contributed by atoms with van der Waals surface area (Å²) < 4.78 is 2.20. The van der Waals surface area contributed by atoms with Crippen molar-refractivity contribution in [1.82, 2.24) is 14.9 Å². The zero-order valence-electron chi connectivity index (χ0n) is 9.73. The van der Waals surface area contributed by atoms with Gasteiger partial charge in [0.2, 0.25) is 0 Å². The molecule has 0 amide bonds. The highest BCUT2D eigenvalue weighted by molar-refractivity contribution is 7.11. The lowest BCUT2D eigenvalue weighted by Crippen LogP contribution is -2.12. The van der Waals surface area contributed by atoms with Gasteiger partial charge in [0.05, 0.1) is 13.1 Å². The summed E-state index contributed by atoms with van der Waals surface area (Å²) in [5.41, 5.74) is 0. The van der Waals surface area contributed by atoms with Crippen molar-refractivity contribution in [3.63, 3.8) is 0 Å². The molecule has 16 heavy (non-hydrogen) atoms. The van der Waals surface area contributed by atoms with Crippen LogP contribution in [0.4, 0.5) is 0 Å². The van der Waals surface area contributed by atoms with Gasteiger partial charge in [-0.15, -0.1) is 11.3 Å². The van der Waals surface area contributed by atoms with E-state index in [0.29, 0.717) is 0 Å². The van der Waals surface area contributed by atoms with Crippen LogP contribution in [0.3, 0.4) is 0 Å². The van der Waals surface area contributed by atoms with E-state index in [1.807, 2.05) is 30.8 Å². The van der Waals surface area contributed by atoms with E-state index in [-0.39, 0.29) is 0 Å². The normalized spacial score (nSPS) is 10.9. The number of nitrogens with one attached hydrogen (secondary N) is 1. The Bertz CT molecular complexity index is 445. The summed E-state index contributed by atoms with van der Waals surface area (Å²) in [6.45, 7) is 3.94. The minimum Gasteiger partial charge on any atom is -0.329 e. The molecule has 0 bridgehead atoms. The number of hydrogen-bond acceptors (Lipinski definition) is 3. The van der Waals surface area contributed by atoms with Crippen molar-refractivity contribution >= 4 is 11.3 Å². The van der Waals surface area contributed by atoms with Crippen LogP contribution in [-0.2, 0) is 19.5 Å². The number of aryl methyl sites for hydroxylation is 1. The van der Waals surface area contributed by atoms with Crippen molar-refractivity contribution in [2.24, 2.45) is 0 Å². The molecule has 0 unspecified atom stereocenters. The first-order valence-corrected chi connectivity index (χ1v) is 6.37. The van der Waals surface area contributed by atoms with E-state index in [0.717, 1.165) is 25.3 Å². The average Bonchev–Trinajstić information content (AvgIpc) is 2.90. The van der Waals surface area contributed by atoms with Crippen molar-refractivity contribution in [2.75, 3.05) is 7.05 Å². The van der Waals surface area contributed by atoms with Gasteiger partial charge in [0.15, 0.2) is 0 Å². The molecule has 0 aliphatic rings. The second-order valence-corrected chi connectivity index (χ2v) is 4.98. The maximum absolute atomic E-state index is 4.33. The summed E-state index contributed by atoms with van der Waals surface area (Å²) in [5.74, 6) is 1.09. The monoisotopic (exact) mass is 235 g/mol. The maximum Gasteiger partial charge on any atom is 0.122 e. The molecular formula is C12H17N3S. The quantitative estimate of drug-likeness (QED) is 0.861. The zero-order chi connectivity index (χ0) is 11.4. The largest absolute Gasteiger partial charge is 0.329 e. The van der Waals surface area contributed by atoms with Crippen molar-refractivity contribution < 1.29 is 0 Å². The number of thiophene rings is 1. The van der Waals surface area contributed by atoms with Crippen molar-refractivity contribution in [3.05, 3.63) is 40.1 Å². The molecule has 2 aromatic rings. The van der Waals surface area contributed by atoms with Crippen molar-refractivity contribution in [1.29, 1.82) is 0 Å². The van der Waals surface area contributed by atoms with Crippen LogP contribution in [0.5, 0.6) is 0 Å². The number of nitrogens with zero attached hydrogens (tertiary/aromatic N) is 2. The standard InChI is InChI=1S/C12H17N3S/c1-3-10-4-5-11(16-10)9-15-7-6-14-12(15)8-13-2/h4-7,13H,3,8-9H2,1-2H3. The Morgan fingerprint density at radius 1 is 1.38 bits per heavy atom. The Balaban J connectivity index is 2.10. The molecule has 0 spiro atoms. The molecule has 2 aromatic heterocycles. The second kappa shape index (κ2) is 5.27. The molecule has 2 rings (SSSR count). The summed E-state index contributed by atoms with van der Waals surface area (Å²) in [7, 11) is 1.94. The smallest absolute Gasteiger partial charge is 0.122 e. The third kappa shape index (κ3) is 2.51. The lowest BCUT2D eigenvalue weighted by molar-refractivity contribution is 0.677. The van der Waals surface area contributed by atoms with Crippen LogP contribution in [0.25, 0.3) is 0 Å². The predicted octanol–water partition coefficient (Wildman–Crippen LogP) is 2.27. The van der Waals surface area contributed by atoms with Gasteiger partial charge in [0, 0.05) is 22.1 Å². The summed E-state index contributed by atoms with van der Waals surface area (Å²) in [6.07, 6.45) is 5.02. The molecule has 0 aromatic carbocycles. The van der Waals surface area contributed by atoms with Gasteiger partial charge in [-0.05, 0) is 25.6 Å². The van der Waals surface area contributed by atoms with Gasteiger partial charge in [-0.25, -0.2) is 4.98 Å². The van der Waals surface area contributed by atoms with E-state index < -0.39 is 0 Å². The minimum absolute atomic E-state index is 0.818. The van der Waals surface area contributed by atoms with Crippen LogP contribution in [-0.4, -0.2) is 16.6 Å². The van der Waals surface area contributed by atoms with Gasteiger partial charge in [-0.1, -0.05) is 6.92 Å². The fourth-order valence-electron chi connectivity index (χ4n) is 1.67. The van der Waals surface area contributed by atoms with Crippen molar-refractivity contribution in [3.8, 4) is 0 Å². The predicted molar refractivity (Wildman–Crippen MR) is 67.8 cm³/mol. The first-order valence-electron chi connectivity index (χ1n) is 5.55. The Hall–Kier alpha value is -1.13. The Kier molecular flexibility index (Phi) is 3.74. The molecule has 0 fully saturated rings. The van der Waals surface area contributed by atoms with Crippen molar-refractivity contribution in [2.45, 2.75) is 26.4 Å². The zero-order valence-corrected chi connectivity index (χ0v) is 10.5. The summed E-state index contributed by atoms with van der Waals surface area (Å²) >= 11 is 1.89. The van der Waals surface area contributed by atoms with Crippen LogP contribution in [0.1, 0.15) is 22.5 Å². The third-order valence-corrected chi connectivity index (χ3v) is 3.74. The summed E-state index contributed by atoms with van der Waals surface area (Å²) in [5, 5.41) is 3.13. The molecular weight excluding hydrogens is 218 g/mol. The first kappa shape index (κ1) is 11.4.